The maximum atomic E-state index is 3.93. The second-order valence-corrected chi connectivity index (χ2v) is 3.35. The van der Waals surface area contributed by atoms with E-state index in [2.05, 4.69) is 25.6 Å². The van der Waals surface area contributed by atoms with Gasteiger partial charge in [0.25, 0.3) is 0 Å². The van der Waals surface area contributed by atoms with Gasteiger partial charge in [-0.3, -0.25) is 4.98 Å². The van der Waals surface area contributed by atoms with E-state index < -0.39 is 0 Å². The summed E-state index contributed by atoms with van der Waals surface area (Å²) in [6.45, 7) is 0. The molecule has 2 aromatic heterocycles. The second kappa shape index (κ2) is 3.99. The number of aromatic nitrogens is 5. The number of thioether (sulfide) groups is 1. The highest BCUT2D eigenvalue weighted by molar-refractivity contribution is 7.98. The van der Waals surface area contributed by atoms with Gasteiger partial charge in [0, 0.05) is 17.3 Å². The van der Waals surface area contributed by atoms with Gasteiger partial charge in [-0.2, -0.15) is 5.21 Å². The van der Waals surface area contributed by atoms with Crippen molar-refractivity contribution in [2.45, 2.75) is 10.6 Å². The van der Waals surface area contributed by atoms with E-state index in [-0.39, 0.29) is 0 Å². The Labute approximate surface area is 79.0 Å². The first-order valence-corrected chi connectivity index (χ1v) is 4.69. The van der Waals surface area contributed by atoms with Crippen molar-refractivity contribution in [3.05, 3.63) is 30.4 Å². The van der Waals surface area contributed by atoms with Gasteiger partial charge in [-0.1, -0.05) is 5.21 Å². The van der Waals surface area contributed by atoms with Crippen LogP contribution in [-0.2, 0) is 5.75 Å². The Bertz CT molecular complexity index is 346. The number of tetrazole rings is 1. The third-order valence-electron chi connectivity index (χ3n) is 1.41. The predicted molar refractivity (Wildman–Crippen MR) is 48.0 cm³/mol. The molecule has 6 heteroatoms. The predicted octanol–water partition coefficient (Wildman–Crippen LogP) is 0.887. The average Bonchev–Trinajstić information content (AvgIpc) is 2.69. The zero-order chi connectivity index (χ0) is 8.93. The number of hydrogen-bond acceptors (Lipinski definition) is 5. The number of nitrogens with zero attached hydrogens (tertiary/aromatic N) is 4. The zero-order valence-electron chi connectivity index (χ0n) is 6.71. The fourth-order valence-corrected chi connectivity index (χ4v) is 1.56. The van der Waals surface area contributed by atoms with Crippen LogP contribution < -0.4 is 0 Å². The molecule has 0 unspecified atom stereocenters. The van der Waals surface area contributed by atoms with E-state index in [0.29, 0.717) is 5.82 Å². The monoisotopic (exact) mass is 193 g/mol. The lowest BCUT2D eigenvalue weighted by Gasteiger charge is -1.95. The van der Waals surface area contributed by atoms with Crippen molar-refractivity contribution in [1.82, 2.24) is 25.6 Å². The molecule has 0 saturated carbocycles. The van der Waals surface area contributed by atoms with Crippen molar-refractivity contribution >= 4 is 11.8 Å². The Kier molecular flexibility index (Phi) is 2.51. The minimum absolute atomic E-state index is 0.710. The molecular formula is C7H7N5S. The van der Waals surface area contributed by atoms with E-state index in [1.807, 2.05) is 12.1 Å². The van der Waals surface area contributed by atoms with Gasteiger partial charge in [0.15, 0.2) is 5.82 Å². The molecule has 66 valence electrons. The fraction of sp³-hybridized carbons (Fsp3) is 0.143. The lowest BCUT2D eigenvalue weighted by atomic mass is 10.5. The molecule has 0 atom stereocenters. The maximum Gasteiger partial charge on any atom is 0.184 e. The van der Waals surface area contributed by atoms with Crippen LogP contribution in [0.2, 0.25) is 0 Å². The maximum absolute atomic E-state index is 3.93. The number of hydrogen-bond donors (Lipinski definition) is 1. The summed E-state index contributed by atoms with van der Waals surface area (Å²) in [7, 11) is 0. The summed E-state index contributed by atoms with van der Waals surface area (Å²) in [5, 5.41) is 13.6. The summed E-state index contributed by atoms with van der Waals surface area (Å²) < 4.78 is 0. The summed E-state index contributed by atoms with van der Waals surface area (Å²) in [6, 6.07) is 3.90. The Morgan fingerprint density at radius 3 is 2.85 bits per heavy atom. The van der Waals surface area contributed by atoms with Gasteiger partial charge >= 0.3 is 0 Å². The standard InChI is InChI=1S/C7H7N5S/c1-3-8-4-2-6(1)13-5-7-9-11-12-10-7/h1-4H,5H2,(H,9,10,11,12). The van der Waals surface area contributed by atoms with Crippen LogP contribution in [0.4, 0.5) is 0 Å². The normalized spacial score (nSPS) is 10.2. The van der Waals surface area contributed by atoms with E-state index in [0.717, 1.165) is 10.6 Å². The Morgan fingerprint density at radius 2 is 2.15 bits per heavy atom. The van der Waals surface area contributed by atoms with Gasteiger partial charge in [-0.05, 0) is 12.1 Å². The van der Waals surface area contributed by atoms with Crippen LogP contribution in [0, 0.1) is 0 Å². The van der Waals surface area contributed by atoms with Crippen molar-refractivity contribution in [1.29, 1.82) is 0 Å². The molecule has 0 fully saturated rings. The van der Waals surface area contributed by atoms with Crippen LogP contribution >= 0.6 is 11.8 Å². The molecule has 0 spiro atoms. The number of nitrogens with one attached hydrogen (secondary N) is 1. The highest BCUT2D eigenvalue weighted by Crippen LogP contribution is 2.19. The van der Waals surface area contributed by atoms with Crippen molar-refractivity contribution in [2.24, 2.45) is 0 Å². The first kappa shape index (κ1) is 8.18. The van der Waals surface area contributed by atoms with Crippen LogP contribution in [0.15, 0.2) is 29.4 Å². The van der Waals surface area contributed by atoms with E-state index in [1.165, 1.54) is 0 Å². The van der Waals surface area contributed by atoms with Crippen molar-refractivity contribution in [3.8, 4) is 0 Å². The highest BCUT2D eigenvalue weighted by Gasteiger charge is 1.98. The molecule has 0 radical (unpaired) electrons. The molecular weight excluding hydrogens is 186 g/mol. The molecule has 0 amide bonds. The molecule has 1 N–H and O–H groups in total. The van der Waals surface area contributed by atoms with Gasteiger partial charge in [-0.15, -0.1) is 22.0 Å². The van der Waals surface area contributed by atoms with Gasteiger partial charge in [-0.25, -0.2) is 0 Å². The van der Waals surface area contributed by atoms with Crippen LogP contribution in [0.25, 0.3) is 0 Å². The second-order valence-electron chi connectivity index (χ2n) is 2.30. The summed E-state index contributed by atoms with van der Waals surface area (Å²) in [4.78, 5) is 5.08. The van der Waals surface area contributed by atoms with Crippen molar-refractivity contribution in [2.75, 3.05) is 0 Å². The number of H-pyrrole nitrogens is 1. The fourth-order valence-electron chi connectivity index (χ4n) is 0.826. The van der Waals surface area contributed by atoms with E-state index in [9.17, 15) is 0 Å². The van der Waals surface area contributed by atoms with Crippen LogP contribution in [-0.4, -0.2) is 25.6 Å². The molecule has 0 saturated heterocycles. The SMILES string of the molecule is c1cc(SCc2nn[nH]n2)ccn1. The molecule has 0 aliphatic heterocycles. The number of rotatable bonds is 3. The quantitative estimate of drug-likeness (QED) is 0.733. The molecule has 5 nitrogen and oxygen atoms in total. The Balaban J connectivity index is 1.94. The summed E-state index contributed by atoms with van der Waals surface area (Å²) in [6.07, 6.45) is 3.52. The van der Waals surface area contributed by atoms with E-state index >= 15 is 0 Å². The summed E-state index contributed by atoms with van der Waals surface area (Å²) in [5.41, 5.74) is 0. The number of aromatic amines is 1. The van der Waals surface area contributed by atoms with Gasteiger partial charge in [0.05, 0.1) is 5.75 Å². The lowest BCUT2D eigenvalue weighted by Crippen LogP contribution is -1.83. The van der Waals surface area contributed by atoms with Gasteiger partial charge in [0.1, 0.15) is 0 Å². The minimum Gasteiger partial charge on any atom is -0.265 e. The lowest BCUT2D eigenvalue weighted by molar-refractivity contribution is 0.881. The Hall–Kier alpha value is -1.43. The van der Waals surface area contributed by atoms with E-state index in [1.54, 1.807) is 24.2 Å². The molecule has 0 aromatic carbocycles. The molecule has 2 aromatic rings. The molecule has 0 aliphatic carbocycles. The molecule has 2 rings (SSSR count). The highest BCUT2D eigenvalue weighted by atomic mass is 32.2. The first-order valence-electron chi connectivity index (χ1n) is 3.70. The average molecular weight is 193 g/mol. The molecule has 13 heavy (non-hydrogen) atoms. The van der Waals surface area contributed by atoms with Gasteiger partial charge in [0.2, 0.25) is 0 Å². The van der Waals surface area contributed by atoms with Crippen LogP contribution in [0.5, 0.6) is 0 Å². The third kappa shape index (κ3) is 2.25. The molecule has 0 bridgehead atoms. The summed E-state index contributed by atoms with van der Waals surface area (Å²) >= 11 is 1.65. The first-order chi connectivity index (χ1) is 6.45. The smallest absolute Gasteiger partial charge is 0.184 e. The van der Waals surface area contributed by atoms with Gasteiger partial charge < -0.3 is 0 Å². The molecule has 2 heterocycles. The van der Waals surface area contributed by atoms with Crippen LogP contribution in [0.3, 0.4) is 0 Å². The largest absolute Gasteiger partial charge is 0.265 e. The zero-order valence-corrected chi connectivity index (χ0v) is 7.53. The Morgan fingerprint density at radius 1 is 1.31 bits per heavy atom. The van der Waals surface area contributed by atoms with E-state index in [4.69, 9.17) is 0 Å². The molecule has 0 aliphatic rings. The van der Waals surface area contributed by atoms with Crippen molar-refractivity contribution < 1.29 is 0 Å². The summed E-state index contributed by atoms with van der Waals surface area (Å²) in [5.74, 6) is 1.43. The van der Waals surface area contributed by atoms with Crippen LogP contribution in [0.1, 0.15) is 5.82 Å². The third-order valence-corrected chi connectivity index (χ3v) is 2.41. The topological polar surface area (TPSA) is 67.3 Å². The van der Waals surface area contributed by atoms with Crippen molar-refractivity contribution in [3.63, 3.8) is 0 Å². The number of pyridine rings is 1. The minimum atomic E-state index is 0.710.